The lowest BCUT2D eigenvalue weighted by molar-refractivity contribution is -0.120. The molecule has 1 heterocycles. The summed E-state index contributed by atoms with van der Waals surface area (Å²) in [6.07, 6.45) is 0.375. The fourth-order valence-corrected chi connectivity index (χ4v) is 4.90. The highest BCUT2D eigenvalue weighted by Gasteiger charge is 2.40. The molecular weight excluding hydrogens is 521 g/mol. The molecule has 2 N–H and O–H groups in total. The Hall–Kier alpha value is -4.31. The van der Waals surface area contributed by atoms with E-state index in [1.807, 2.05) is 13.8 Å². The highest BCUT2D eigenvalue weighted by Crippen LogP contribution is 2.40. The number of halogens is 1. The first kappa shape index (κ1) is 27.7. The average Bonchev–Trinajstić information content (AvgIpc) is 3.13. The number of carbonyl (C=O) groups is 3. The summed E-state index contributed by atoms with van der Waals surface area (Å²) >= 11 is 1.08. The predicted octanol–water partition coefficient (Wildman–Crippen LogP) is 5.82. The number of amides is 3. The molecule has 8 nitrogen and oxygen atoms in total. The van der Waals surface area contributed by atoms with Crippen LogP contribution in [-0.4, -0.2) is 31.9 Å². The minimum Gasteiger partial charge on any atom is -0.497 e. The van der Waals surface area contributed by atoms with Crippen LogP contribution >= 0.6 is 11.8 Å². The molecule has 3 aromatic carbocycles. The van der Waals surface area contributed by atoms with E-state index in [1.165, 1.54) is 38.5 Å². The third-order valence-electron chi connectivity index (χ3n) is 5.73. The highest BCUT2D eigenvalue weighted by atomic mass is 32.2. The van der Waals surface area contributed by atoms with Gasteiger partial charge >= 0.3 is 0 Å². The first-order valence-electron chi connectivity index (χ1n) is 12.2. The summed E-state index contributed by atoms with van der Waals surface area (Å²) in [7, 11) is 3.01. The number of methoxy groups -OCH3 is 2. The monoisotopic (exact) mass is 549 g/mol. The van der Waals surface area contributed by atoms with Gasteiger partial charge in [-0.25, -0.2) is 9.29 Å². The van der Waals surface area contributed by atoms with E-state index in [0.717, 1.165) is 16.7 Å². The Bertz CT molecular complexity index is 1440. The number of rotatable bonds is 10. The number of carbonyl (C=O) groups excluding carboxylic acids is 3. The van der Waals surface area contributed by atoms with Crippen molar-refractivity contribution in [3.8, 4) is 11.5 Å². The molecule has 0 radical (unpaired) electrons. The Morgan fingerprint density at radius 2 is 1.72 bits per heavy atom. The van der Waals surface area contributed by atoms with Gasteiger partial charge in [-0.15, -0.1) is 0 Å². The second kappa shape index (κ2) is 12.0. The third-order valence-corrected chi connectivity index (χ3v) is 6.80. The molecule has 0 saturated heterocycles. The van der Waals surface area contributed by atoms with Crippen molar-refractivity contribution in [2.24, 2.45) is 5.92 Å². The summed E-state index contributed by atoms with van der Waals surface area (Å²) in [4.78, 5) is 41.2. The van der Waals surface area contributed by atoms with Gasteiger partial charge < -0.3 is 20.1 Å². The minimum absolute atomic E-state index is 0.0343. The van der Waals surface area contributed by atoms with E-state index in [1.54, 1.807) is 42.5 Å². The molecule has 0 fully saturated rings. The van der Waals surface area contributed by atoms with Crippen molar-refractivity contribution in [2.45, 2.75) is 25.2 Å². The van der Waals surface area contributed by atoms with E-state index >= 15 is 0 Å². The van der Waals surface area contributed by atoms with Gasteiger partial charge in [-0.3, -0.25) is 14.4 Å². The first-order valence-corrected chi connectivity index (χ1v) is 13.0. The Balaban J connectivity index is 1.71. The molecule has 3 aromatic rings. The number of thioether (sulfide) groups is 1. The fraction of sp³-hybridized carbons (Fsp3) is 0.207. The van der Waals surface area contributed by atoms with Crippen LogP contribution in [0, 0.1) is 11.7 Å². The lowest BCUT2D eigenvalue weighted by atomic mass is 10.1. The van der Waals surface area contributed by atoms with E-state index in [4.69, 9.17) is 9.47 Å². The maximum Gasteiger partial charge on any atom is 0.283 e. The van der Waals surface area contributed by atoms with E-state index in [0.29, 0.717) is 34.2 Å². The van der Waals surface area contributed by atoms with Crippen LogP contribution in [0.3, 0.4) is 0 Å². The summed E-state index contributed by atoms with van der Waals surface area (Å²) in [5, 5.41) is 5.93. The number of benzene rings is 3. The Labute approximate surface area is 230 Å². The molecule has 39 heavy (non-hydrogen) atoms. The van der Waals surface area contributed by atoms with Crippen molar-refractivity contribution >= 4 is 46.5 Å². The lowest BCUT2D eigenvalue weighted by Crippen LogP contribution is -2.32. The first-order chi connectivity index (χ1) is 18.7. The molecule has 0 bridgehead atoms. The molecule has 0 atom stereocenters. The van der Waals surface area contributed by atoms with Gasteiger partial charge in [-0.2, -0.15) is 0 Å². The largest absolute Gasteiger partial charge is 0.497 e. The maximum absolute atomic E-state index is 13.6. The molecular formula is C29H28FN3O5S. The zero-order valence-electron chi connectivity index (χ0n) is 21.9. The summed E-state index contributed by atoms with van der Waals surface area (Å²) in [5.74, 6) is -0.612. The number of imide groups is 1. The maximum atomic E-state index is 13.6. The van der Waals surface area contributed by atoms with E-state index < -0.39 is 17.6 Å². The van der Waals surface area contributed by atoms with Crippen LogP contribution in [0.1, 0.15) is 20.3 Å². The Morgan fingerprint density at radius 3 is 2.38 bits per heavy atom. The van der Waals surface area contributed by atoms with Crippen molar-refractivity contribution in [1.82, 2.24) is 0 Å². The van der Waals surface area contributed by atoms with Crippen LogP contribution in [0.2, 0.25) is 0 Å². The minimum atomic E-state index is -0.603. The topological polar surface area (TPSA) is 97.0 Å². The van der Waals surface area contributed by atoms with Gasteiger partial charge in [0.1, 0.15) is 27.9 Å². The predicted molar refractivity (Wildman–Crippen MR) is 149 cm³/mol. The molecule has 1 aliphatic rings. The molecule has 0 unspecified atom stereocenters. The van der Waals surface area contributed by atoms with E-state index in [-0.39, 0.29) is 28.1 Å². The lowest BCUT2D eigenvalue weighted by Gasteiger charge is -2.16. The standard InChI is InChI=1S/C29H28FN3O5S/c1-17(2)14-25(34)31-19-6-5-7-22(15-19)39-27-26(32-23-13-12-21(37-3)16-24(23)38-4)28(35)33(29(27)36)20-10-8-18(30)9-11-20/h5-13,15-17,32H,14H2,1-4H3,(H,31,34). The van der Waals surface area contributed by atoms with Crippen LogP contribution in [-0.2, 0) is 14.4 Å². The van der Waals surface area contributed by atoms with Crippen molar-refractivity contribution in [1.29, 1.82) is 0 Å². The quantitative estimate of drug-likeness (QED) is 0.308. The van der Waals surface area contributed by atoms with Gasteiger partial charge in [0, 0.05) is 23.1 Å². The number of nitrogens with zero attached hydrogens (tertiary/aromatic N) is 1. The smallest absolute Gasteiger partial charge is 0.283 e. The molecule has 202 valence electrons. The van der Waals surface area contributed by atoms with Crippen molar-refractivity contribution in [3.05, 3.63) is 83.1 Å². The zero-order valence-corrected chi connectivity index (χ0v) is 22.7. The van der Waals surface area contributed by atoms with Crippen molar-refractivity contribution in [3.63, 3.8) is 0 Å². The van der Waals surface area contributed by atoms with Crippen molar-refractivity contribution in [2.75, 3.05) is 29.8 Å². The van der Waals surface area contributed by atoms with Gasteiger partial charge in [0.15, 0.2) is 0 Å². The van der Waals surface area contributed by atoms with Gasteiger partial charge in [0.05, 0.1) is 25.6 Å². The number of hydrogen-bond donors (Lipinski definition) is 2. The number of anilines is 3. The Kier molecular flexibility index (Phi) is 8.55. The summed E-state index contributed by atoms with van der Waals surface area (Å²) < 4.78 is 24.3. The molecule has 1 aliphatic heterocycles. The normalized spacial score (nSPS) is 13.2. The Morgan fingerprint density at radius 1 is 0.974 bits per heavy atom. The van der Waals surface area contributed by atoms with Gasteiger partial charge in [0.25, 0.3) is 11.8 Å². The van der Waals surface area contributed by atoms with Gasteiger partial charge in [-0.05, 0) is 60.5 Å². The fourth-order valence-electron chi connectivity index (χ4n) is 3.91. The van der Waals surface area contributed by atoms with Crippen molar-refractivity contribution < 1.29 is 28.2 Å². The molecule has 0 spiro atoms. The second-order valence-corrected chi connectivity index (χ2v) is 10.2. The van der Waals surface area contributed by atoms with Crippen LogP contribution in [0.5, 0.6) is 11.5 Å². The molecule has 0 aromatic heterocycles. The molecule has 0 saturated carbocycles. The van der Waals surface area contributed by atoms with Crippen LogP contribution in [0.25, 0.3) is 0 Å². The second-order valence-electron chi connectivity index (χ2n) is 9.09. The highest BCUT2D eigenvalue weighted by molar-refractivity contribution is 8.04. The SMILES string of the molecule is COc1ccc(NC2=C(Sc3cccc(NC(=O)CC(C)C)c3)C(=O)N(c3ccc(F)cc3)C2=O)c(OC)c1. The van der Waals surface area contributed by atoms with Gasteiger partial charge in [0.2, 0.25) is 5.91 Å². The number of hydrogen-bond acceptors (Lipinski definition) is 7. The summed E-state index contributed by atoms with van der Waals surface area (Å²) in [5.41, 5.74) is 1.29. The van der Waals surface area contributed by atoms with Crippen LogP contribution < -0.4 is 25.0 Å². The molecule has 3 amide bonds. The molecule has 10 heteroatoms. The van der Waals surface area contributed by atoms with Gasteiger partial charge in [-0.1, -0.05) is 31.7 Å². The number of nitrogens with one attached hydrogen (secondary N) is 2. The zero-order chi connectivity index (χ0) is 28.1. The number of ether oxygens (including phenoxy) is 2. The van der Waals surface area contributed by atoms with E-state index in [9.17, 15) is 18.8 Å². The van der Waals surface area contributed by atoms with Crippen LogP contribution in [0.4, 0.5) is 21.5 Å². The van der Waals surface area contributed by atoms with E-state index in [2.05, 4.69) is 10.6 Å². The molecule has 0 aliphatic carbocycles. The summed E-state index contributed by atoms with van der Waals surface area (Å²) in [6.45, 7) is 3.92. The van der Waals surface area contributed by atoms with Crippen LogP contribution in [0.15, 0.2) is 82.2 Å². The third kappa shape index (κ3) is 6.40. The average molecular weight is 550 g/mol. The summed E-state index contributed by atoms with van der Waals surface area (Å²) in [6, 6.07) is 17.2. The molecule has 4 rings (SSSR count).